The fraction of sp³-hybridized carbons (Fsp3) is 0.0517. The summed E-state index contributed by atoms with van der Waals surface area (Å²) in [5.41, 5.74) is 14.3. The van der Waals surface area contributed by atoms with Crippen molar-refractivity contribution in [1.82, 2.24) is 0 Å². The van der Waals surface area contributed by atoms with Crippen LogP contribution in [-0.2, 0) is 23.0 Å². The van der Waals surface area contributed by atoms with E-state index in [2.05, 4.69) is 80.6 Å². The monoisotopic (exact) mass is 924 g/mol. The molecule has 0 fully saturated rings. The highest BCUT2D eigenvalue weighted by molar-refractivity contribution is 7.86. The number of hydrogen-bond donors (Lipinski definition) is 5. The van der Waals surface area contributed by atoms with E-state index in [9.17, 15) is 18.1 Å². The number of para-hydroxylation sites is 1. The fourth-order valence-corrected chi connectivity index (χ4v) is 8.40. The van der Waals surface area contributed by atoms with E-state index in [0.717, 1.165) is 79.1 Å². The Morgan fingerprint density at radius 1 is 0.493 bits per heavy atom. The molecule has 0 spiro atoms. The highest BCUT2D eigenvalue weighted by atomic mass is 32.2. The standard InChI is InChI=1S/C58H48N6O4S/c1-59-46-27-29-52(30-28-46)63-54-33-31-53(32-34-54)62-51-23-15-44(16-24-51)37-45-38-58(69(66,67)68)56(39-57(45)65)64-55-25-13-43(14-26-55)36-42-11-21-50(22-12-42)61-49-19-9-41(10-20-49)35-40-7-17-48(18-8-40)60-47-5-3-2-4-6-47/h2-35,38-39,60,62,64-65H,36-37H2,1H3,(H,66,67,68). The van der Waals surface area contributed by atoms with Crippen molar-refractivity contribution in [2.24, 2.45) is 15.0 Å². The lowest BCUT2D eigenvalue weighted by Crippen LogP contribution is -2.05. The Morgan fingerprint density at radius 2 is 0.928 bits per heavy atom. The van der Waals surface area contributed by atoms with E-state index in [4.69, 9.17) is 4.99 Å². The second kappa shape index (κ2) is 20.9. The van der Waals surface area contributed by atoms with Crippen LogP contribution < -0.4 is 16.0 Å². The first-order valence-electron chi connectivity index (χ1n) is 22.3. The molecule has 0 atom stereocenters. The Balaban J connectivity index is 0.776. The van der Waals surface area contributed by atoms with Crippen molar-refractivity contribution < 1.29 is 18.1 Å². The van der Waals surface area contributed by atoms with Crippen molar-refractivity contribution in [2.75, 3.05) is 23.0 Å². The number of aromatic hydroxyl groups is 1. The lowest BCUT2D eigenvalue weighted by atomic mass is 10.0. The van der Waals surface area contributed by atoms with E-state index in [1.54, 1.807) is 7.05 Å². The molecule has 0 radical (unpaired) electrons. The molecule has 0 aliphatic heterocycles. The second-order valence-corrected chi connectivity index (χ2v) is 17.9. The number of phenols is 1. The second-order valence-electron chi connectivity index (χ2n) is 16.5. The summed E-state index contributed by atoms with van der Waals surface area (Å²) in [7, 11) is -2.90. The van der Waals surface area contributed by atoms with Crippen LogP contribution in [0.4, 0.5) is 45.5 Å². The number of aliphatic imine (C=N–C) groups is 3. The summed E-state index contributed by atoms with van der Waals surface area (Å²) in [4.78, 5) is 13.3. The third-order valence-corrected chi connectivity index (χ3v) is 12.3. The Bertz CT molecular complexity index is 3300. The third-order valence-electron chi connectivity index (χ3n) is 11.4. The van der Waals surface area contributed by atoms with Gasteiger partial charge in [-0.05, 0) is 173 Å². The summed E-state index contributed by atoms with van der Waals surface area (Å²) in [6.07, 6.45) is 18.9. The largest absolute Gasteiger partial charge is 0.508 e. The first-order valence-corrected chi connectivity index (χ1v) is 23.8. The van der Waals surface area contributed by atoms with E-state index in [1.807, 2.05) is 152 Å². The van der Waals surface area contributed by atoms with Gasteiger partial charge in [0.25, 0.3) is 10.1 Å². The van der Waals surface area contributed by atoms with Crippen LogP contribution in [0.5, 0.6) is 5.75 Å². The average Bonchev–Trinajstić information content (AvgIpc) is 3.36. The molecule has 0 bridgehead atoms. The molecular formula is C58H48N6O4S. The van der Waals surface area contributed by atoms with Gasteiger partial charge in [-0.25, -0.2) is 9.98 Å². The lowest BCUT2D eigenvalue weighted by molar-refractivity contribution is 0.467. The highest BCUT2D eigenvalue weighted by Gasteiger charge is 2.20. The minimum atomic E-state index is -4.65. The molecule has 0 unspecified atom stereocenters. The number of rotatable bonds is 14. The maximum atomic E-state index is 12.6. The average molecular weight is 925 g/mol. The summed E-state index contributed by atoms with van der Waals surface area (Å²) >= 11 is 0. The van der Waals surface area contributed by atoms with Gasteiger partial charge in [0.05, 0.1) is 34.2 Å². The first-order chi connectivity index (χ1) is 33.6. The molecule has 0 saturated heterocycles. The van der Waals surface area contributed by atoms with E-state index in [0.29, 0.717) is 17.7 Å². The fourth-order valence-electron chi connectivity index (χ4n) is 7.72. The number of allylic oxidation sites excluding steroid dienone is 9. The van der Waals surface area contributed by atoms with Gasteiger partial charge in [0.2, 0.25) is 0 Å². The number of nitrogens with zero attached hydrogens (tertiary/aromatic N) is 3. The third kappa shape index (κ3) is 12.4. The SMILES string of the molecule is CN=C1C=CC(=Nc2ccc(Nc3ccc(Cc4cc(S(=O)(=O)O)c(Nc5ccc(Cc6ccc(N=C7C=CC(=Cc8ccc(Nc9ccccc9)cc8)C=C7)cc6)cc5)cc4O)cc3)cc2)C=C1. The van der Waals surface area contributed by atoms with Gasteiger partial charge < -0.3 is 21.1 Å². The molecule has 9 rings (SSSR count). The zero-order chi connectivity index (χ0) is 47.6. The van der Waals surface area contributed by atoms with Crippen LogP contribution in [0.3, 0.4) is 0 Å². The number of anilines is 6. The number of phenolic OH excluding ortho intramolecular Hbond substituents is 1. The minimum absolute atomic E-state index is 0.0598. The Kier molecular flexibility index (Phi) is 13.8. The molecule has 10 nitrogen and oxygen atoms in total. The Hall–Kier alpha value is -8.64. The molecule has 340 valence electrons. The number of hydrogen-bond acceptors (Lipinski definition) is 9. The zero-order valence-corrected chi connectivity index (χ0v) is 38.5. The zero-order valence-electron chi connectivity index (χ0n) is 37.7. The van der Waals surface area contributed by atoms with Crippen molar-refractivity contribution in [1.29, 1.82) is 0 Å². The van der Waals surface area contributed by atoms with Gasteiger partial charge in [-0.2, -0.15) is 8.42 Å². The molecule has 5 N–H and O–H groups in total. The van der Waals surface area contributed by atoms with Crippen molar-refractivity contribution >= 4 is 78.8 Å². The van der Waals surface area contributed by atoms with Crippen LogP contribution in [-0.4, -0.2) is 42.3 Å². The molecule has 2 aliphatic rings. The van der Waals surface area contributed by atoms with Gasteiger partial charge in [0.15, 0.2) is 0 Å². The molecule has 2 aliphatic carbocycles. The molecule has 0 aromatic heterocycles. The summed E-state index contributed by atoms with van der Waals surface area (Å²) in [5, 5.41) is 20.9. The Labute approximate surface area is 402 Å². The minimum Gasteiger partial charge on any atom is -0.508 e. The van der Waals surface area contributed by atoms with Gasteiger partial charge in [0, 0.05) is 48.0 Å². The van der Waals surface area contributed by atoms with Gasteiger partial charge in [-0.1, -0.05) is 78.9 Å². The van der Waals surface area contributed by atoms with E-state index in [1.165, 1.54) is 12.1 Å². The smallest absolute Gasteiger partial charge is 0.296 e. The maximum absolute atomic E-state index is 12.6. The van der Waals surface area contributed by atoms with Crippen LogP contribution in [0.15, 0.2) is 238 Å². The van der Waals surface area contributed by atoms with Crippen molar-refractivity contribution in [3.05, 3.63) is 246 Å². The van der Waals surface area contributed by atoms with Gasteiger partial charge in [-0.3, -0.25) is 9.55 Å². The van der Waals surface area contributed by atoms with E-state index in [-0.39, 0.29) is 22.8 Å². The van der Waals surface area contributed by atoms with Crippen molar-refractivity contribution in [2.45, 2.75) is 17.7 Å². The predicted molar refractivity (Wildman–Crippen MR) is 284 cm³/mol. The topological polar surface area (TPSA) is 148 Å². The van der Waals surface area contributed by atoms with Crippen LogP contribution in [0.1, 0.15) is 27.8 Å². The lowest BCUT2D eigenvalue weighted by Gasteiger charge is -2.15. The normalized spacial score (nSPS) is 13.0. The summed E-state index contributed by atoms with van der Waals surface area (Å²) in [6.45, 7) is 0. The maximum Gasteiger partial charge on any atom is 0.296 e. The first kappa shape index (κ1) is 45.5. The Morgan fingerprint density at radius 3 is 1.46 bits per heavy atom. The van der Waals surface area contributed by atoms with Crippen LogP contribution in [0.2, 0.25) is 0 Å². The molecule has 11 heteroatoms. The van der Waals surface area contributed by atoms with Gasteiger partial charge >= 0.3 is 0 Å². The van der Waals surface area contributed by atoms with E-state index < -0.39 is 10.1 Å². The van der Waals surface area contributed by atoms with Crippen molar-refractivity contribution in [3.8, 4) is 5.75 Å². The molecule has 7 aromatic carbocycles. The van der Waals surface area contributed by atoms with Crippen LogP contribution in [0.25, 0.3) is 6.08 Å². The summed E-state index contributed by atoms with van der Waals surface area (Å²) in [6, 6.07) is 52.1. The van der Waals surface area contributed by atoms with E-state index >= 15 is 0 Å². The molecule has 0 saturated carbocycles. The van der Waals surface area contributed by atoms with Crippen molar-refractivity contribution in [3.63, 3.8) is 0 Å². The molecule has 69 heavy (non-hydrogen) atoms. The number of nitrogens with one attached hydrogen (secondary N) is 3. The van der Waals surface area contributed by atoms with Gasteiger partial charge in [0.1, 0.15) is 10.6 Å². The molecular weight excluding hydrogens is 877 g/mol. The molecule has 0 heterocycles. The quantitative estimate of drug-likeness (QED) is 0.0539. The molecule has 0 amide bonds. The summed E-state index contributed by atoms with van der Waals surface area (Å²) in [5.74, 6) is -0.106. The van der Waals surface area contributed by atoms with Crippen LogP contribution in [0, 0.1) is 0 Å². The summed E-state index contributed by atoms with van der Waals surface area (Å²) < 4.78 is 35.5. The highest BCUT2D eigenvalue weighted by Crippen LogP contribution is 2.34. The predicted octanol–water partition coefficient (Wildman–Crippen LogP) is 13.6. The van der Waals surface area contributed by atoms with Gasteiger partial charge in [-0.15, -0.1) is 0 Å². The molecule has 7 aromatic rings. The number of benzene rings is 7. The van der Waals surface area contributed by atoms with Crippen LogP contribution >= 0.6 is 0 Å².